The van der Waals surface area contributed by atoms with Gasteiger partial charge in [0.1, 0.15) is 4.60 Å². The molecular formula is C9H15BrN4O2S. The highest BCUT2D eigenvalue weighted by molar-refractivity contribution is 9.10. The average molecular weight is 323 g/mol. The van der Waals surface area contributed by atoms with Crippen LogP contribution >= 0.6 is 15.9 Å². The molecule has 0 radical (unpaired) electrons. The van der Waals surface area contributed by atoms with Crippen molar-refractivity contribution in [2.24, 2.45) is 0 Å². The molecular weight excluding hydrogens is 308 g/mol. The van der Waals surface area contributed by atoms with Crippen LogP contribution in [0.25, 0.3) is 0 Å². The molecule has 0 unspecified atom stereocenters. The Labute approximate surface area is 110 Å². The number of unbranched alkanes of at least 4 members (excludes halogenated alkanes) is 1. The second-order valence-corrected chi connectivity index (χ2v) is 6.10. The molecule has 1 rings (SSSR count). The fourth-order valence-corrected chi connectivity index (χ4v) is 2.18. The maximum absolute atomic E-state index is 11.8. The van der Waals surface area contributed by atoms with Crippen molar-refractivity contribution in [3.63, 3.8) is 0 Å². The Balaban J connectivity index is 2.69. The summed E-state index contributed by atoms with van der Waals surface area (Å²) in [5.41, 5.74) is 0. The summed E-state index contributed by atoms with van der Waals surface area (Å²) in [6, 6.07) is 0. The highest BCUT2D eigenvalue weighted by atomic mass is 79.9. The Morgan fingerprint density at radius 1 is 1.41 bits per heavy atom. The van der Waals surface area contributed by atoms with Crippen LogP contribution in [0.15, 0.2) is 17.0 Å². The highest BCUT2D eigenvalue weighted by Gasteiger charge is 2.17. The van der Waals surface area contributed by atoms with Crippen LogP contribution in [0.1, 0.15) is 19.8 Å². The third-order valence-corrected chi connectivity index (χ3v) is 3.97. The summed E-state index contributed by atoms with van der Waals surface area (Å²) in [4.78, 5) is 7.79. The summed E-state index contributed by atoms with van der Waals surface area (Å²) in [6.45, 7) is 2.49. The molecule has 0 aliphatic heterocycles. The standard InChI is InChI=1S/C9H15BrN4O2S/c1-3-4-5-14(2)17(15,16)13-9-7-11-8(10)6-12-9/h6-7H,3-5H2,1-2H3,(H,12,13). The number of nitrogens with zero attached hydrogens (tertiary/aromatic N) is 3. The first-order valence-corrected chi connectivity index (χ1v) is 7.40. The first-order valence-electron chi connectivity index (χ1n) is 5.17. The molecule has 1 heterocycles. The SMILES string of the molecule is CCCCN(C)S(=O)(=O)Nc1cnc(Br)cn1. The van der Waals surface area contributed by atoms with Gasteiger partial charge < -0.3 is 0 Å². The normalized spacial score (nSPS) is 11.8. The van der Waals surface area contributed by atoms with Gasteiger partial charge in [0.15, 0.2) is 5.82 Å². The van der Waals surface area contributed by atoms with E-state index in [2.05, 4.69) is 30.6 Å². The molecule has 17 heavy (non-hydrogen) atoms. The van der Waals surface area contributed by atoms with Crippen molar-refractivity contribution in [1.29, 1.82) is 0 Å². The number of rotatable bonds is 6. The van der Waals surface area contributed by atoms with Crippen LogP contribution in [0, 0.1) is 0 Å². The van der Waals surface area contributed by atoms with Crippen molar-refractivity contribution in [2.45, 2.75) is 19.8 Å². The molecule has 1 aromatic heterocycles. The van der Waals surface area contributed by atoms with Crippen molar-refractivity contribution in [2.75, 3.05) is 18.3 Å². The van der Waals surface area contributed by atoms with Gasteiger partial charge in [-0.2, -0.15) is 12.7 Å². The van der Waals surface area contributed by atoms with E-state index in [1.54, 1.807) is 0 Å². The molecule has 0 atom stereocenters. The topological polar surface area (TPSA) is 75.2 Å². The lowest BCUT2D eigenvalue weighted by atomic mass is 10.3. The van der Waals surface area contributed by atoms with Gasteiger partial charge in [0, 0.05) is 13.6 Å². The van der Waals surface area contributed by atoms with Crippen molar-refractivity contribution in [1.82, 2.24) is 14.3 Å². The predicted octanol–water partition coefficient (Wildman–Crippen LogP) is 1.63. The van der Waals surface area contributed by atoms with Crippen LogP contribution in [0.4, 0.5) is 5.82 Å². The number of hydrogen-bond donors (Lipinski definition) is 1. The van der Waals surface area contributed by atoms with E-state index in [1.165, 1.54) is 23.7 Å². The Morgan fingerprint density at radius 3 is 2.65 bits per heavy atom. The molecule has 1 N–H and O–H groups in total. The summed E-state index contributed by atoms with van der Waals surface area (Å²) < 4.78 is 27.8. The third-order valence-electron chi connectivity index (χ3n) is 2.09. The zero-order chi connectivity index (χ0) is 12.9. The molecule has 0 fully saturated rings. The lowest BCUT2D eigenvalue weighted by molar-refractivity contribution is 0.463. The van der Waals surface area contributed by atoms with Gasteiger partial charge in [-0.15, -0.1) is 0 Å². The Kier molecular flexibility index (Phi) is 5.29. The summed E-state index contributed by atoms with van der Waals surface area (Å²) in [6.07, 6.45) is 4.56. The van der Waals surface area contributed by atoms with Crippen molar-refractivity contribution in [3.05, 3.63) is 17.0 Å². The van der Waals surface area contributed by atoms with Gasteiger partial charge in [-0.25, -0.2) is 9.97 Å². The molecule has 0 amide bonds. The third kappa shape index (κ3) is 4.57. The lowest BCUT2D eigenvalue weighted by Crippen LogP contribution is -2.33. The number of aromatic nitrogens is 2. The van der Waals surface area contributed by atoms with Crippen LogP contribution in [0.3, 0.4) is 0 Å². The largest absolute Gasteiger partial charge is 0.302 e. The van der Waals surface area contributed by atoms with Gasteiger partial charge in [-0.1, -0.05) is 13.3 Å². The van der Waals surface area contributed by atoms with Crippen LogP contribution in [-0.2, 0) is 10.2 Å². The highest BCUT2D eigenvalue weighted by Crippen LogP contribution is 2.09. The number of nitrogens with one attached hydrogen (secondary N) is 1. The van der Waals surface area contributed by atoms with E-state index in [0.29, 0.717) is 11.1 Å². The fraction of sp³-hybridized carbons (Fsp3) is 0.556. The van der Waals surface area contributed by atoms with E-state index in [-0.39, 0.29) is 5.82 Å². The molecule has 0 aromatic carbocycles. The zero-order valence-electron chi connectivity index (χ0n) is 9.72. The molecule has 6 nitrogen and oxygen atoms in total. The quantitative estimate of drug-likeness (QED) is 0.863. The van der Waals surface area contributed by atoms with E-state index >= 15 is 0 Å². The summed E-state index contributed by atoms with van der Waals surface area (Å²) >= 11 is 3.13. The van der Waals surface area contributed by atoms with Crippen LogP contribution in [0.5, 0.6) is 0 Å². The Hall–Kier alpha value is -0.730. The molecule has 0 aliphatic carbocycles. The molecule has 0 aliphatic rings. The van der Waals surface area contributed by atoms with Crippen LogP contribution < -0.4 is 4.72 Å². The smallest absolute Gasteiger partial charge is 0.253 e. The summed E-state index contributed by atoms with van der Waals surface area (Å²) in [7, 11) is -2.00. The second-order valence-electron chi connectivity index (χ2n) is 3.51. The minimum absolute atomic E-state index is 0.205. The number of anilines is 1. The lowest BCUT2D eigenvalue weighted by Gasteiger charge is -2.17. The monoisotopic (exact) mass is 322 g/mol. The van der Waals surface area contributed by atoms with Gasteiger partial charge in [0.25, 0.3) is 0 Å². The van der Waals surface area contributed by atoms with E-state index < -0.39 is 10.2 Å². The van der Waals surface area contributed by atoms with Gasteiger partial charge in [-0.05, 0) is 22.4 Å². The van der Waals surface area contributed by atoms with E-state index in [1.807, 2.05) is 6.92 Å². The second kappa shape index (κ2) is 6.27. The molecule has 0 saturated heterocycles. The average Bonchev–Trinajstić information content (AvgIpc) is 2.28. The summed E-state index contributed by atoms with van der Waals surface area (Å²) in [5.74, 6) is 0.205. The minimum Gasteiger partial charge on any atom is -0.253 e. The molecule has 8 heteroatoms. The maximum Gasteiger partial charge on any atom is 0.302 e. The first-order chi connectivity index (χ1) is 7.95. The first kappa shape index (κ1) is 14.3. The van der Waals surface area contributed by atoms with E-state index in [9.17, 15) is 8.42 Å². The molecule has 0 spiro atoms. The van der Waals surface area contributed by atoms with Crippen LogP contribution in [0.2, 0.25) is 0 Å². The van der Waals surface area contributed by atoms with Crippen molar-refractivity contribution >= 4 is 32.0 Å². The fourth-order valence-electron chi connectivity index (χ4n) is 1.08. The van der Waals surface area contributed by atoms with Crippen LogP contribution in [-0.4, -0.2) is 36.3 Å². The summed E-state index contributed by atoms with van der Waals surface area (Å²) in [5, 5.41) is 0. The van der Waals surface area contributed by atoms with Crippen molar-refractivity contribution < 1.29 is 8.42 Å². The molecule has 0 saturated carbocycles. The number of halogens is 1. The van der Waals surface area contributed by atoms with Gasteiger partial charge >= 0.3 is 10.2 Å². The van der Waals surface area contributed by atoms with E-state index in [0.717, 1.165) is 12.8 Å². The van der Waals surface area contributed by atoms with E-state index in [4.69, 9.17) is 0 Å². The Bertz CT molecular complexity index is 449. The number of hydrogen-bond acceptors (Lipinski definition) is 4. The minimum atomic E-state index is -3.53. The van der Waals surface area contributed by atoms with Gasteiger partial charge in [0.2, 0.25) is 0 Å². The molecule has 1 aromatic rings. The molecule has 0 bridgehead atoms. The molecule has 96 valence electrons. The maximum atomic E-state index is 11.8. The van der Waals surface area contributed by atoms with Crippen molar-refractivity contribution in [3.8, 4) is 0 Å². The van der Waals surface area contributed by atoms with Gasteiger partial charge in [-0.3, -0.25) is 4.72 Å². The zero-order valence-corrected chi connectivity index (χ0v) is 12.1. The Morgan fingerprint density at radius 2 is 2.12 bits per heavy atom. The van der Waals surface area contributed by atoms with Gasteiger partial charge in [0.05, 0.1) is 12.4 Å². The predicted molar refractivity (Wildman–Crippen MR) is 69.8 cm³/mol.